The average Bonchev–Trinajstić information content (AvgIpc) is 2.74. The van der Waals surface area contributed by atoms with Gasteiger partial charge in [0.25, 0.3) is 0 Å². The van der Waals surface area contributed by atoms with Crippen molar-refractivity contribution in [1.29, 1.82) is 0 Å². The highest BCUT2D eigenvalue weighted by Gasteiger charge is 2.22. The Morgan fingerprint density at radius 2 is 2.00 bits per heavy atom. The van der Waals surface area contributed by atoms with Gasteiger partial charge in [-0.1, -0.05) is 12.5 Å². The molecule has 1 aromatic carbocycles. The van der Waals surface area contributed by atoms with Gasteiger partial charge in [-0.3, -0.25) is 0 Å². The van der Waals surface area contributed by atoms with Crippen LogP contribution in [0.15, 0.2) is 23.2 Å². The van der Waals surface area contributed by atoms with Crippen LogP contribution >= 0.6 is 0 Å². The third-order valence-electron chi connectivity index (χ3n) is 5.11. The van der Waals surface area contributed by atoms with E-state index in [1.807, 2.05) is 0 Å². The van der Waals surface area contributed by atoms with Crippen molar-refractivity contribution < 1.29 is 24.2 Å². The first kappa shape index (κ1) is 21.7. The predicted molar refractivity (Wildman–Crippen MR) is 104 cm³/mol. The van der Waals surface area contributed by atoms with E-state index in [0.717, 1.165) is 25.7 Å². The molecule has 1 aliphatic rings. The summed E-state index contributed by atoms with van der Waals surface area (Å²) in [6, 6.07) is 4.82. The summed E-state index contributed by atoms with van der Waals surface area (Å²) in [5, 5.41) is 15.9. The van der Waals surface area contributed by atoms with Gasteiger partial charge in [-0.25, -0.2) is 14.6 Å². The number of amides is 2. The Morgan fingerprint density at radius 1 is 1.25 bits per heavy atom. The lowest BCUT2D eigenvalue weighted by Gasteiger charge is -2.28. The van der Waals surface area contributed by atoms with E-state index >= 15 is 0 Å². The van der Waals surface area contributed by atoms with Crippen molar-refractivity contribution in [3.63, 3.8) is 0 Å². The Bertz CT molecular complexity index is 690. The molecule has 28 heavy (non-hydrogen) atoms. The van der Waals surface area contributed by atoms with Crippen LogP contribution in [0.3, 0.4) is 0 Å². The molecule has 8 nitrogen and oxygen atoms in total. The largest absolute Gasteiger partial charge is 0.493 e. The molecule has 2 amide bonds. The molecule has 1 fully saturated rings. The summed E-state index contributed by atoms with van der Waals surface area (Å²) >= 11 is 0. The summed E-state index contributed by atoms with van der Waals surface area (Å²) in [4.78, 5) is 26.0. The fourth-order valence-corrected chi connectivity index (χ4v) is 3.59. The summed E-state index contributed by atoms with van der Waals surface area (Å²) in [5.41, 5.74) is 0.629. The molecule has 1 aromatic rings. The third kappa shape index (κ3) is 6.55. The van der Waals surface area contributed by atoms with Crippen LogP contribution in [0.5, 0.6) is 11.5 Å². The standard InChI is InChI=1S/C20H29N3O5/c1-27-18-7-6-16(9-19(18)28-2)17(25)12-23-20(26)22-11-15-5-3-4-14(8-15)10-21-13-24/h6-7,9,14-15,17,25H,3-5,8,10-12H2,1-2H3,(H2,22,23,26). The molecule has 1 aliphatic carbocycles. The monoisotopic (exact) mass is 391 g/mol. The maximum atomic E-state index is 12.1. The molecule has 0 bridgehead atoms. The molecular formula is C20H29N3O5. The SMILES string of the molecule is COc1ccc(C(O)CNC(=O)NCC2CCCC(CN=C=O)C2)cc1OC. The van der Waals surface area contributed by atoms with Crippen molar-refractivity contribution in [2.24, 2.45) is 16.8 Å². The number of isocyanates is 1. The van der Waals surface area contributed by atoms with Gasteiger partial charge in [0.1, 0.15) is 0 Å². The highest BCUT2D eigenvalue weighted by atomic mass is 16.5. The van der Waals surface area contributed by atoms with Crippen LogP contribution in [0.25, 0.3) is 0 Å². The minimum absolute atomic E-state index is 0.0860. The number of carbonyl (C=O) groups excluding carboxylic acids is 2. The van der Waals surface area contributed by atoms with Gasteiger partial charge in [0.15, 0.2) is 11.5 Å². The molecule has 0 heterocycles. The number of aliphatic imine (C=N–C) groups is 1. The number of ether oxygens (including phenoxy) is 2. The highest BCUT2D eigenvalue weighted by molar-refractivity contribution is 5.73. The lowest BCUT2D eigenvalue weighted by molar-refractivity contribution is 0.172. The van der Waals surface area contributed by atoms with Crippen LogP contribution in [-0.4, -0.2) is 51.1 Å². The Hall–Kier alpha value is -2.57. The topological polar surface area (TPSA) is 109 Å². The van der Waals surface area contributed by atoms with E-state index in [1.54, 1.807) is 31.4 Å². The highest BCUT2D eigenvalue weighted by Crippen LogP contribution is 2.30. The summed E-state index contributed by atoms with van der Waals surface area (Å²) in [7, 11) is 3.07. The summed E-state index contributed by atoms with van der Waals surface area (Å²) in [5.74, 6) is 1.86. The van der Waals surface area contributed by atoms with E-state index < -0.39 is 6.10 Å². The Labute approximate surface area is 165 Å². The van der Waals surface area contributed by atoms with Crippen molar-refractivity contribution in [1.82, 2.24) is 10.6 Å². The Balaban J connectivity index is 1.75. The number of hydrogen-bond donors (Lipinski definition) is 3. The predicted octanol–water partition coefficient (Wildman–Crippen LogP) is 2.18. The quantitative estimate of drug-likeness (QED) is 0.442. The zero-order valence-corrected chi connectivity index (χ0v) is 16.4. The molecule has 3 unspecified atom stereocenters. The van der Waals surface area contributed by atoms with Gasteiger partial charge < -0.3 is 25.2 Å². The van der Waals surface area contributed by atoms with Crippen LogP contribution in [0, 0.1) is 11.8 Å². The molecule has 0 aliphatic heterocycles. The fourth-order valence-electron chi connectivity index (χ4n) is 3.59. The van der Waals surface area contributed by atoms with Gasteiger partial charge in [0, 0.05) is 13.1 Å². The van der Waals surface area contributed by atoms with E-state index in [1.165, 1.54) is 7.11 Å². The zero-order valence-electron chi connectivity index (χ0n) is 16.4. The van der Waals surface area contributed by atoms with E-state index in [-0.39, 0.29) is 12.6 Å². The van der Waals surface area contributed by atoms with Crippen molar-refractivity contribution >= 4 is 12.1 Å². The van der Waals surface area contributed by atoms with E-state index in [4.69, 9.17) is 9.47 Å². The second kappa shape index (κ2) is 11.3. The molecule has 3 atom stereocenters. The first-order valence-electron chi connectivity index (χ1n) is 9.52. The maximum absolute atomic E-state index is 12.1. The van der Waals surface area contributed by atoms with Gasteiger partial charge in [0.2, 0.25) is 6.08 Å². The minimum Gasteiger partial charge on any atom is -0.493 e. The van der Waals surface area contributed by atoms with E-state index in [9.17, 15) is 14.7 Å². The molecule has 0 saturated heterocycles. The van der Waals surface area contributed by atoms with Crippen molar-refractivity contribution in [2.75, 3.05) is 33.9 Å². The van der Waals surface area contributed by atoms with Gasteiger partial charge in [-0.2, -0.15) is 0 Å². The van der Waals surface area contributed by atoms with Crippen molar-refractivity contribution in [3.05, 3.63) is 23.8 Å². The smallest absolute Gasteiger partial charge is 0.314 e. The number of rotatable bonds is 9. The zero-order chi connectivity index (χ0) is 20.4. The first-order valence-corrected chi connectivity index (χ1v) is 9.52. The van der Waals surface area contributed by atoms with Gasteiger partial charge in [0.05, 0.1) is 26.9 Å². The van der Waals surface area contributed by atoms with Crippen LogP contribution in [0.4, 0.5) is 4.79 Å². The third-order valence-corrected chi connectivity index (χ3v) is 5.11. The molecule has 0 radical (unpaired) electrons. The summed E-state index contributed by atoms with van der Waals surface area (Å²) < 4.78 is 10.4. The number of methoxy groups -OCH3 is 2. The summed E-state index contributed by atoms with van der Waals surface area (Å²) in [6.45, 7) is 1.17. The number of benzene rings is 1. The first-order chi connectivity index (χ1) is 13.6. The van der Waals surface area contributed by atoms with Crippen LogP contribution in [0.2, 0.25) is 0 Å². The lowest BCUT2D eigenvalue weighted by atomic mass is 9.81. The van der Waals surface area contributed by atoms with E-state index in [2.05, 4.69) is 15.6 Å². The maximum Gasteiger partial charge on any atom is 0.314 e. The summed E-state index contributed by atoms with van der Waals surface area (Å²) in [6.07, 6.45) is 4.87. The number of nitrogens with one attached hydrogen (secondary N) is 2. The van der Waals surface area contributed by atoms with Gasteiger partial charge >= 0.3 is 6.03 Å². The molecule has 3 N–H and O–H groups in total. The van der Waals surface area contributed by atoms with Gasteiger partial charge in [-0.15, -0.1) is 0 Å². The number of hydrogen-bond acceptors (Lipinski definition) is 6. The normalized spacial score (nSPS) is 19.8. The van der Waals surface area contributed by atoms with E-state index in [0.29, 0.717) is 42.0 Å². The molecule has 0 aromatic heterocycles. The second-order valence-electron chi connectivity index (χ2n) is 7.05. The molecule has 0 spiro atoms. The van der Waals surface area contributed by atoms with Crippen LogP contribution in [-0.2, 0) is 4.79 Å². The molecular weight excluding hydrogens is 362 g/mol. The second-order valence-corrected chi connectivity index (χ2v) is 7.05. The van der Waals surface area contributed by atoms with Gasteiger partial charge in [-0.05, 0) is 48.8 Å². The van der Waals surface area contributed by atoms with Crippen LogP contribution in [0.1, 0.15) is 37.4 Å². The minimum atomic E-state index is -0.856. The number of nitrogens with zero attached hydrogens (tertiary/aromatic N) is 1. The van der Waals surface area contributed by atoms with Crippen molar-refractivity contribution in [2.45, 2.75) is 31.8 Å². The number of aliphatic hydroxyl groups excluding tert-OH is 1. The molecule has 8 heteroatoms. The Morgan fingerprint density at radius 3 is 2.71 bits per heavy atom. The molecule has 154 valence electrons. The molecule has 2 rings (SSSR count). The molecule has 1 saturated carbocycles. The average molecular weight is 391 g/mol. The lowest BCUT2D eigenvalue weighted by Crippen LogP contribution is -2.40. The Kier molecular flexibility index (Phi) is 8.78. The van der Waals surface area contributed by atoms with Crippen LogP contribution < -0.4 is 20.1 Å². The number of aliphatic hydroxyl groups is 1. The fraction of sp³-hybridized carbons (Fsp3) is 0.600. The number of urea groups is 1. The number of carbonyl (C=O) groups is 1. The van der Waals surface area contributed by atoms with Crippen molar-refractivity contribution in [3.8, 4) is 11.5 Å².